The molecule has 0 aliphatic rings. The summed E-state index contributed by atoms with van der Waals surface area (Å²) in [6.07, 6.45) is 1.71. The fourth-order valence-corrected chi connectivity index (χ4v) is 3.29. The summed E-state index contributed by atoms with van der Waals surface area (Å²) in [7, 11) is 1.85. The van der Waals surface area contributed by atoms with Gasteiger partial charge in [-0.15, -0.1) is 0 Å². The summed E-state index contributed by atoms with van der Waals surface area (Å²) in [6.45, 7) is 0.174. The largest absolute Gasteiger partial charge is 0.488 e. The summed E-state index contributed by atoms with van der Waals surface area (Å²) < 4.78 is 20.6. The number of amides is 2. The number of aryl methyl sites for hydroxylation is 1. The molecule has 7 heteroatoms. The van der Waals surface area contributed by atoms with Gasteiger partial charge in [-0.3, -0.25) is 20.4 Å². The van der Waals surface area contributed by atoms with Gasteiger partial charge in [0.1, 0.15) is 18.2 Å². The van der Waals surface area contributed by atoms with Crippen LogP contribution in [-0.4, -0.2) is 16.4 Å². The van der Waals surface area contributed by atoms with Gasteiger partial charge in [-0.2, -0.15) is 0 Å². The number of rotatable bonds is 5. The van der Waals surface area contributed by atoms with E-state index in [9.17, 15) is 14.0 Å². The highest BCUT2D eigenvalue weighted by atomic mass is 19.1. The molecule has 4 aromatic rings. The van der Waals surface area contributed by atoms with Gasteiger partial charge in [0.05, 0.1) is 11.1 Å². The summed E-state index contributed by atoms with van der Waals surface area (Å²) in [4.78, 5) is 25.3. The Bertz CT molecular complexity index is 1250. The van der Waals surface area contributed by atoms with Crippen molar-refractivity contribution in [2.24, 2.45) is 7.05 Å². The van der Waals surface area contributed by atoms with Crippen molar-refractivity contribution in [3.8, 4) is 5.75 Å². The van der Waals surface area contributed by atoms with Gasteiger partial charge in [0.25, 0.3) is 11.8 Å². The summed E-state index contributed by atoms with van der Waals surface area (Å²) in [5.41, 5.74) is 7.30. The number of fused-ring (bicyclic) bond motifs is 1. The first-order valence-electron chi connectivity index (χ1n) is 9.64. The standard InChI is InChI=1S/C24H20FN3O3/c1-28-14-20(18-6-2-4-8-21(18)28)24(30)27-26-23(29)19-7-3-5-9-22(19)31-15-16-10-12-17(25)13-11-16/h2-14H,15H2,1H3,(H,26,29)(H,27,30). The van der Waals surface area contributed by atoms with Crippen molar-refractivity contribution in [3.05, 3.63) is 102 Å². The molecule has 0 atom stereocenters. The minimum Gasteiger partial charge on any atom is -0.488 e. The highest BCUT2D eigenvalue weighted by Gasteiger charge is 2.16. The predicted molar refractivity (Wildman–Crippen MR) is 115 cm³/mol. The van der Waals surface area contributed by atoms with Gasteiger partial charge < -0.3 is 9.30 Å². The number of para-hydroxylation sites is 2. The van der Waals surface area contributed by atoms with Crippen molar-refractivity contribution >= 4 is 22.7 Å². The van der Waals surface area contributed by atoms with Gasteiger partial charge in [-0.25, -0.2) is 4.39 Å². The van der Waals surface area contributed by atoms with Crippen LogP contribution in [0.2, 0.25) is 0 Å². The highest BCUT2D eigenvalue weighted by Crippen LogP contribution is 2.21. The smallest absolute Gasteiger partial charge is 0.273 e. The average Bonchev–Trinajstić information content (AvgIpc) is 3.14. The van der Waals surface area contributed by atoms with Crippen LogP contribution in [-0.2, 0) is 13.7 Å². The number of carbonyl (C=O) groups is 2. The van der Waals surface area contributed by atoms with Crippen molar-refractivity contribution < 1.29 is 18.7 Å². The van der Waals surface area contributed by atoms with E-state index in [0.717, 1.165) is 16.5 Å². The van der Waals surface area contributed by atoms with Gasteiger partial charge in [-0.05, 0) is 35.9 Å². The number of halogens is 1. The predicted octanol–water partition coefficient (Wildman–Crippen LogP) is 3.97. The lowest BCUT2D eigenvalue weighted by molar-refractivity contribution is 0.0845. The second-order valence-corrected chi connectivity index (χ2v) is 6.99. The molecule has 4 rings (SSSR count). The molecule has 0 spiro atoms. The van der Waals surface area contributed by atoms with E-state index in [4.69, 9.17) is 4.74 Å². The summed E-state index contributed by atoms with van der Waals surface area (Å²) in [5.74, 6) is -0.910. The SMILES string of the molecule is Cn1cc(C(=O)NNC(=O)c2ccccc2OCc2ccc(F)cc2)c2ccccc21. The Labute approximate surface area is 178 Å². The molecule has 0 aliphatic heterocycles. The Morgan fingerprint density at radius 1 is 0.871 bits per heavy atom. The van der Waals surface area contributed by atoms with E-state index in [0.29, 0.717) is 11.3 Å². The molecule has 2 N–H and O–H groups in total. The molecule has 1 aromatic heterocycles. The van der Waals surface area contributed by atoms with Crippen molar-refractivity contribution in [1.82, 2.24) is 15.4 Å². The van der Waals surface area contributed by atoms with E-state index in [1.807, 2.05) is 35.9 Å². The van der Waals surface area contributed by atoms with Crippen molar-refractivity contribution in [1.29, 1.82) is 0 Å². The van der Waals surface area contributed by atoms with E-state index in [1.165, 1.54) is 12.1 Å². The van der Waals surface area contributed by atoms with Crippen LogP contribution in [0, 0.1) is 5.82 Å². The number of hydrogen-bond acceptors (Lipinski definition) is 3. The van der Waals surface area contributed by atoms with E-state index in [1.54, 1.807) is 42.6 Å². The van der Waals surface area contributed by atoms with E-state index >= 15 is 0 Å². The fraction of sp³-hybridized carbons (Fsp3) is 0.0833. The topological polar surface area (TPSA) is 72.4 Å². The van der Waals surface area contributed by atoms with Crippen LogP contribution in [0.25, 0.3) is 10.9 Å². The Morgan fingerprint density at radius 3 is 2.29 bits per heavy atom. The number of ether oxygens (including phenoxy) is 1. The van der Waals surface area contributed by atoms with Crippen LogP contribution < -0.4 is 15.6 Å². The van der Waals surface area contributed by atoms with Crippen molar-refractivity contribution in [2.75, 3.05) is 0 Å². The third-order valence-electron chi connectivity index (χ3n) is 4.87. The maximum atomic E-state index is 13.1. The monoisotopic (exact) mass is 417 g/mol. The zero-order valence-electron chi connectivity index (χ0n) is 16.8. The van der Waals surface area contributed by atoms with Crippen molar-refractivity contribution in [2.45, 2.75) is 6.61 Å². The molecule has 156 valence electrons. The lowest BCUT2D eigenvalue weighted by atomic mass is 10.1. The summed E-state index contributed by atoms with van der Waals surface area (Å²) >= 11 is 0. The lowest BCUT2D eigenvalue weighted by Gasteiger charge is -2.12. The van der Waals surface area contributed by atoms with Crippen LogP contribution in [0.1, 0.15) is 26.3 Å². The second-order valence-electron chi connectivity index (χ2n) is 6.99. The normalized spacial score (nSPS) is 10.6. The molecule has 0 fully saturated rings. The molecule has 0 saturated carbocycles. The Morgan fingerprint density at radius 2 is 1.52 bits per heavy atom. The van der Waals surface area contributed by atoms with E-state index in [-0.39, 0.29) is 18.0 Å². The van der Waals surface area contributed by atoms with Crippen LogP contribution >= 0.6 is 0 Å². The quantitative estimate of drug-likeness (QED) is 0.483. The summed E-state index contributed by atoms with van der Waals surface area (Å²) in [6, 6.07) is 20.1. The number of hydrazine groups is 1. The Balaban J connectivity index is 1.44. The highest BCUT2D eigenvalue weighted by molar-refractivity contribution is 6.08. The summed E-state index contributed by atoms with van der Waals surface area (Å²) in [5, 5.41) is 0.791. The molecule has 1 heterocycles. The second kappa shape index (κ2) is 8.71. The first-order chi connectivity index (χ1) is 15.0. The molecule has 0 unspecified atom stereocenters. The molecule has 0 saturated heterocycles. The first-order valence-corrected chi connectivity index (χ1v) is 9.64. The minimum absolute atomic E-state index is 0.174. The molecule has 3 aromatic carbocycles. The van der Waals surface area contributed by atoms with E-state index in [2.05, 4.69) is 10.9 Å². The maximum Gasteiger partial charge on any atom is 0.273 e. The lowest BCUT2D eigenvalue weighted by Crippen LogP contribution is -2.41. The van der Waals surface area contributed by atoms with Crippen LogP contribution in [0.15, 0.2) is 79.0 Å². The third-order valence-corrected chi connectivity index (χ3v) is 4.87. The third kappa shape index (κ3) is 4.40. The Kier molecular flexibility index (Phi) is 5.66. The van der Waals surface area contributed by atoms with Gasteiger partial charge in [-0.1, -0.05) is 42.5 Å². The minimum atomic E-state index is -0.511. The number of nitrogens with zero attached hydrogens (tertiary/aromatic N) is 1. The molecular formula is C24H20FN3O3. The first kappa shape index (κ1) is 20.2. The molecule has 2 amide bonds. The van der Waals surface area contributed by atoms with Gasteiger partial charge in [0.2, 0.25) is 0 Å². The van der Waals surface area contributed by atoms with Crippen LogP contribution in [0.3, 0.4) is 0 Å². The van der Waals surface area contributed by atoms with Crippen LogP contribution in [0.5, 0.6) is 5.75 Å². The average molecular weight is 417 g/mol. The fourth-order valence-electron chi connectivity index (χ4n) is 3.29. The number of benzene rings is 3. The number of hydrogen-bond donors (Lipinski definition) is 2. The molecule has 31 heavy (non-hydrogen) atoms. The molecular weight excluding hydrogens is 397 g/mol. The van der Waals surface area contributed by atoms with Gasteiger partial charge in [0, 0.05) is 24.1 Å². The number of aromatic nitrogens is 1. The zero-order valence-corrected chi connectivity index (χ0v) is 16.8. The molecule has 0 bridgehead atoms. The number of carbonyl (C=O) groups excluding carboxylic acids is 2. The molecule has 0 aliphatic carbocycles. The maximum absolute atomic E-state index is 13.1. The van der Waals surface area contributed by atoms with Gasteiger partial charge >= 0.3 is 0 Å². The van der Waals surface area contributed by atoms with Gasteiger partial charge in [0.15, 0.2) is 0 Å². The van der Waals surface area contributed by atoms with E-state index < -0.39 is 11.8 Å². The number of nitrogens with one attached hydrogen (secondary N) is 2. The van der Waals surface area contributed by atoms with Crippen LogP contribution in [0.4, 0.5) is 4.39 Å². The molecule has 0 radical (unpaired) electrons. The Hall–Kier alpha value is -4.13. The zero-order chi connectivity index (χ0) is 21.8. The van der Waals surface area contributed by atoms with Crippen molar-refractivity contribution in [3.63, 3.8) is 0 Å². The molecule has 6 nitrogen and oxygen atoms in total.